The third kappa shape index (κ3) is 2.41. The van der Waals surface area contributed by atoms with Gasteiger partial charge in [-0.15, -0.1) is 0 Å². The van der Waals surface area contributed by atoms with Crippen molar-refractivity contribution in [3.05, 3.63) is 33.1 Å². The first-order chi connectivity index (χ1) is 9.05. The molecule has 20 heavy (non-hydrogen) atoms. The van der Waals surface area contributed by atoms with Crippen molar-refractivity contribution >= 4 is 29.9 Å². The molecule has 1 fully saturated rings. The Morgan fingerprint density at radius 2 is 1.75 bits per heavy atom. The Hall–Kier alpha value is -1.18. The molecule has 0 atom stereocenters. The van der Waals surface area contributed by atoms with Gasteiger partial charge in [0.05, 0.1) is 32.7 Å². The minimum Gasteiger partial charge on any atom is -0.399 e. The zero-order valence-electron chi connectivity index (χ0n) is 11.6. The van der Waals surface area contributed by atoms with Gasteiger partial charge >= 0.3 is 7.12 Å². The maximum absolute atomic E-state index is 13.4. The van der Waals surface area contributed by atoms with Crippen LogP contribution in [0, 0.1) is 15.9 Å². The molecule has 1 aromatic rings. The van der Waals surface area contributed by atoms with Crippen molar-refractivity contribution in [1.82, 2.24) is 0 Å². The van der Waals surface area contributed by atoms with Crippen molar-refractivity contribution in [3.63, 3.8) is 0 Å². The molecule has 0 bridgehead atoms. The number of halogens is 2. The Balaban J connectivity index is 2.49. The molecule has 1 aliphatic heterocycles. The number of nitrogens with zero attached hydrogens (tertiary/aromatic N) is 1. The van der Waals surface area contributed by atoms with E-state index in [0.29, 0.717) is 0 Å². The average Bonchev–Trinajstić information content (AvgIpc) is 2.51. The van der Waals surface area contributed by atoms with Crippen LogP contribution >= 0.6 is 11.6 Å². The lowest BCUT2D eigenvalue weighted by Gasteiger charge is -2.32. The maximum atomic E-state index is 13.4. The third-order valence-corrected chi connectivity index (χ3v) is 4.06. The van der Waals surface area contributed by atoms with E-state index < -0.39 is 34.7 Å². The van der Waals surface area contributed by atoms with E-state index in [1.165, 1.54) is 6.07 Å². The fraction of sp³-hybridized carbons (Fsp3) is 0.500. The van der Waals surface area contributed by atoms with Crippen molar-refractivity contribution in [2.75, 3.05) is 0 Å². The van der Waals surface area contributed by atoms with Gasteiger partial charge in [0.1, 0.15) is 5.82 Å². The lowest BCUT2D eigenvalue weighted by Crippen LogP contribution is -2.41. The SMILES string of the molecule is CC1(C)OB(c2cc(Cl)c(F)cc2[N+](=O)[O-])OC1(C)C. The summed E-state index contributed by atoms with van der Waals surface area (Å²) < 4.78 is 24.8. The van der Waals surface area contributed by atoms with E-state index in [-0.39, 0.29) is 10.5 Å². The van der Waals surface area contributed by atoms with Crippen molar-refractivity contribution < 1.29 is 18.6 Å². The summed E-state index contributed by atoms with van der Waals surface area (Å²) in [5.74, 6) is -0.848. The van der Waals surface area contributed by atoms with Crippen molar-refractivity contribution in [3.8, 4) is 0 Å². The van der Waals surface area contributed by atoms with Crippen LogP contribution in [-0.2, 0) is 9.31 Å². The highest BCUT2D eigenvalue weighted by molar-refractivity contribution is 6.64. The van der Waals surface area contributed by atoms with E-state index in [0.717, 1.165) is 6.07 Å². The predicted octanol–water partition coefficient (Wildman–Crippen LogP) is 2.69. The summed E-state index contributed by atoms with van der Waals surface area (Å²) in [6, 6.07) is 1.96. The molecule has 108 valence electrons. The highest BCUT2D eigenvalue weighted by atomic mass is 35.5. The molecule has 1 saturated heterocycles. The Bertz CT molecular complexity index is 563. The van der Waals surface area contributed by atoms with Gasteiger partial charge in [0.2, 0.25) is 0 Å². The smallest absolute Gasteiger partial charge is 0.399 e. The minimum absolute atomic E-state index is 0.111. The molecule has 1 aliphatic rings. The molecule has 1 heterocycles. The quantitative estimate of drug-likeness (QED) is 0.479. The van der Waals surface area contributed by atoms with Crippen LogP contribution in [0.3, 0.4) is 0 Å². The molecule has 0 aliphatic carbocycles. The number of nitro benzene ring substituents is 1. The van der Waals surface area contributed by atoms with Crippen LogP contribution in [0.25, 0.3) is 0 Å². The lowest BCUT2D eigenvalue weighted by atomic mass is 9.78. The second-order valence-corrected chi connectivity index (χ2v) is 6.08. The molecule has 0 spiro atoms. The molecule has 0 unspecified atom stereocenters. The highest BCUT2D eigenvalue weighted by Crippen LogP contribution is 2.37. The fourth-order valence-electron chi connectivity index (χ4n) is 1.87. The summed E-state index contributed by atoms with van der Waals surface area (Å²) in [5, 5.41) is 10.8. The van der Waals surface area contributed by atoms with Crippen LogP contribution in [-0.4, -0.2) is 23.2 Å². The van der Waals surface area contributed by atoms with Crippen molar-refractivity contribution in [2.24, 2.45) is 0 Å². The van der Waals surface area contributed by atoms with Crippen LogP contribution in [0.5, 0.6) is 0 Å². The monoisotopic (exact) mass is 301 g/mol. The first kappa shape index (κ1) is 15.2. The summed E-state index contributed by atoms with van der Waals surface area (Å²) in [6.45, 7) is 7.29. The Kier molecular flexibility index (Phi) is 3.56. The van der Waals surface area contributed by atoms with Gasteiger partial charge in [-0.1, -0.05) is 11.6 Å². The van der Waals surface area contributed by atoms with Gasteiger partial charge in [-0.25, -0.2) is 4.39 Å². The second-order valence-electron chi connectivity index (χ2n) is 5.67. The van der Waals surface area contributed by atoms with E-state index >= 15 is 0 Å². The molecular formula is C12H14BClFNO4. The molecule has 5 nitrogen and oxygen atoms in total. The molecule has 0 radical (unpaired) electrons. The number of hydrogen-bond acceptors (Lipinski definition) is 4. The summed E-state index contributed by atoms with van der Waals surface area (Å²) in [7, 11) is -0.960. The lowest BCUT2D eigenvalue weighted by molar-refractivity contribution is -0.383. The van der Waals surface area contributed by atoms with Gasteiger partial charge in [-0.05, 0) is 33.8 Å². The van der Waals surface area contributed by atoms with E-state index in [4.69, 9.17) is 20.9 Å². The van der Waals surface area contributed by atoms with E-state index in [1.54, 1.807) is 0 Å². The van der Waals surface area contributed by atoms with Crippen LogP contribution < -0.4 is 5.46 Å². The molecule has 2 rings (SSSR count). The summed E-state index contributed by atoms with van der Waals surface area (Å²) in [4.78, 5) is 10.4. The topological polar surface area (TPSA) is 61.6 Å². The fourth-order valence-corrected chi connectivity index (χ4v) is 2.04. The van der Waals surface area contributed by atoms with Crippen LogP contribution in [0.1, 0.15) is 27.7 Å². The highest BCUT2D eigenvalue weighted by Gasteiger charge is 2.53. The number of benzene rings is 1. The van der Waals surface area contributed by atoms with Gasteiger partial charge in [-0.3, -0.25) is 10.1 Å². The van der Waals surface area contributed by atoms with Crippen molar-refractivity contribution in [2.45, 2.75) is 38.9 Å². The van der Waals surface area contributed by atoms with Crippen LogP contribution in [0.15, 0.2) is 12.1 Å². The first-order valence-corrected chi connectivity index (χ1v) is 6.42. The zero-order chi connectivity index (χ0) is 15.3. The molecule has 0 saturated carbocycles. The molecule has 0 amide bonds. The van der Waals surface area contributed by atoms with Gasteiger partial charge in [0.15, 0.2) is 0 Å². The minimum atomic E-state index is -0.960. The first-order valence-electron chi connectivity index (χ1n) is 6.04. The van der Waals surface area contributed by atoms with Crippen LogP contribution in [0.2, 0.25) is 5.02 Å². The van der Waals surface area contributed by atoms with E-state index in [1.807, 2.05) is 27.7 Å². The van der Waals surface area contributed by atoms with Crippen molar-refractivity contribution in [1.29, 1.82) is 0 Å². The summed E-state index contributed by atoms with van der Waals surface area (Å²) in [6.07, 6.45) is 0. The molecule has 1 aromatic carbocycles. The number of rotatable bonds is 2. The van der Waals surface area contributed by atoms with Gasteiger partial charge in [-0.2, -0.15) is 0 Å². The third-order valence-electron chi connectivity index (χ3n) is 3.77. The predicted molar refractivity (Wildman–Crippen MR) is 73.8 cm³/mol. The van der Waals surface area contributed by atoms with E-state index in [9.17, 15) is 14.5 Å². The molecular weight excluding hydrogens is 287 g/mol. The zero-order valence-corrected chi connectivity index (χ0v) is 12.3. The molecule has 0 aromatic heterocycles. The summed E-state index contributed by atoms with van der Waals surface area (Å²) in [5.41, 5.74) is -1.59. The van der Waals surface area contributed by atoms with Gasteiger partial charge in [0, 0.05) is 0 Å². The maximum Gasteiger partial charge on any atom is 0.501 e. The standard InChI is InChI=1S/C12H14BClFNO4/c1-11(2)12(3,4)20-13(19-11)7-5-8(14)9(15)6-10(7)16(17)18/h5-6H,1-4H3. The number of hydrogen-bond donors (Lipinski definition) is 0. The van der Waals surface area contributed by atoms with Gasteiger partial charge < -0.3 is 9.31 Å². The Morgan fingerprint density at radius 3 is 2.20 bits per heavy atom. The van der Waals surface area contributed by atoms with E-state index in [2.05, 4.69) is 0 Å². The largest absolute Gasteiger partial charge is 0.501 e. The molecule has 8 heteroatoms. The average molecular weight is 302 g/mol. The normalized spacial score (nSPS) is 20.2. The summed E-state index contributed by atoms with van der Waals surface area (Å²) >= 11 is 5.70. The van der Waals surface area contributed by atoms with Gasteiger partial charge in [0.25, 0.3) is 5.69 Å². The second kappa shape index (κ2) is 4.68. The molecule has 0 N–H and O–H groups in total. The van der Waals surface area contributed by atoms with Crippen LogP contribution in [0.4, 0.5) is 10.1 Å². The number of nitro groups is 1. The Labute approximate surface area is 121 Å². The Morgan fingerprint density at radius 1 is 1.25 bits per heavy atom.